The molecule has 3 aromatic rings. The zero-order valence-corrected chi connectivity index (χ0v) is 13.5. The third-order valence-electron chi connectivity index (χ3n) is 3.60. The molecule has 0 saturated heterocycles. The highest BCUT2D eigenvalue weighted by atomic mass is 16.5. The fourth-order valence-electron chi connectivity index (χ4n) is 2.38. The van der Waals surface area contributed by atoms with Gasteiger partial charge in [-0.05, 0) is 26.0 Å². The predicted molar refractivity (Wildman–Crippen MR) is 87.5 cm³/mol. The van der Waals surface area contributed by atoms with E-state index in [1.807, 2.05) is 18.2 Å². The van der Waals surface area contributed by atoms with E-state index in [0.29, 0.717) is 17.0 Å². The molecule has 2 aromatic heterocycles. The van der Waals surface area contributed by atoms with Crippen molar-refractivity contribution in [1.29, 1.82) is 5.26 Å². The normalized spacial score (nSPS) is 11.9. The van der Waals surface area contributed by atoms with Crippen molar-refractivity contribution in [3.8, 4) is 6.07 Å². The maximum Gasteiger partial charge on any atom is 0.344 e. The second-order valence-electron chi connectivity index (χ2n) is 5.31. The van der Waals surface area contributed by atoms with Crippen LogP contribution in [0.3, 0.4) is 0 Å². The largest absolute Gasteiger partial charge is 0.507 e. The number of benzene rings is 1. The molecule has 8 heteroatoms. The summed E-state index contributed by atoms with van der Waals surface area (Å²) in [5, 5.41) is 23.1. The first kappa shape index (κ1) is 16.3. The fourth-order valence-corrected chi connectivity index (χ4v) is 2.38. The Morgan fingerprint density at radius 1 is 1.40 bits per heavy atom. The molecule has 2 N–H and O–H groups in total. The maximum absolute atomic E-state index is 12.1. The van der Waals surface area contributed by atoms with Crippen LogP contribution in [0.15, 0.2) is 34.5 Å². The number of imidazole rings is 1. The number of esters is 1. The molecule has 0 unspecified atom stereocenters. The lowest BCUT2D eigenvalue weighted by molar-refractivity contribution is 0.0500. The number of carbonyl (C=O) groups excluding carboxylic acids is 1. The van der Waals surface area contributed by atoms with Gasteiger partial charge in [0.2, 0.25) is 0 Å². The number of carbonyl (C=O) groups is 1. The summed E-state index contributed by atoms with van der Waals surface area (Å²) < 4.78 is 9.95. The molecule has 0 spiro atoms. The average Bonchev–Trinajstić information content (AvgIpc) is 3.16. The van der Waals surface area contributed by atoms with Crippen LogP contribution in [-0.2, 0) is 4.74 Å². The summed E-state index contributed by atoms with van der Waals surface area (Å²) in [4.78, 5) is 19.3. The molecule has 0 radical (unpaired) electrons. The quantitative estimate of drug-likeness (QED) is 0.425. The van der Waals surface area contributed by atoms with E-state index in [-0.39, 0.29) is 17.0 Å². The molecule has 2 heterocycles. The summed E-state index contributed by atoms with van der Waals surface area (Å²) in [5.74, 6) is -0.565. The van der Waals surface area contributed by atoms with Crippen molar-refractivity contribution in [1.82, 2.24) is 15.1 Å². The molecular formula is C17H14N4O4. The van der Waals surface area contributed by atoms with Crippen molar-refractivity contribution in [2.75, 3.05) is 6.61 Å². The number of nitrogens with one attached hydrogen (secondary N) is 1. The zero-order chi connectivity index (χ0) is 18.0. The summed E-state index contributed by atoms with van der Waals surface area (Å²) in [6, 6.07) is 9.09. The van der Waals surface area contributed by atoms with Crippen LogP contribution in [0.1, 0.15) is 27.6 Å². The van der Waals surface area contributed by atoms with Crippen LogP contribution in [0.2, 0.25) is 0 Å². The van der Waals surface area contributed by atoms with Crippen LogP contribution >= 0.6 is 0 Å². The van der Waals surface area contributed by atoms with Crippen molar-refractivity contribution in [3.63, 3.8) is 0 Å². The molecule has 0 saturated carbocycles. The Morgan fingerprint density at radius 2 is 2.16 bits per heavy atom. The minimum Gasteiger partial charge on any atom is -0.507 e. The fraction of sp³-hybridized carbons (Fsp3) is 0.176. The van der Waals surface area contributed by atoms with Gasteiger partial charge in [-0.25, -0.2) is 9.78 Å². The van der Waals surface area contributed by atoms with Gasteiger partial charge in [0.05, 0.1) is 16.7 Å². The molecule has 0 bridgehead atoms. The van der Waals surface area contributed by atoms with Crippen LogP contribution in [0.25, 0.3) is 16.6 Å². The lowest BCUT2D eigenvalue weighted by Crippen LogP contribution is -2.10. The molecule has 0 aliphatic carbocycles. The van der Waals surface area contributed by atoms with Crippen LogP contribution in [0.4, 0.5) is 0 Å². The van der Waals surface area contributed by atoms with Crippen molar-refractivity contribution in [2.24, 2.45) is 0 Å². The number of para-hydroxylation sites is 2. The highest BCUT2D eigenvalue weighted by Crippen LogP contribution is 2.19. The van der Waals surface area contributed by atoms with E-state index in [4.69, 9.17) is 9.26 Å². The summed E-state index contributed by atoms with van der Waals surface area (Å²) in [6.45, 7) is 2.72. The number of H-pyrrole nitrogens is 1. The molecule has 3 rings (SSSR count). The monoisotopic (exact) mass is 338 g/mol. The standard InChI is InChI=1S/C17H14N4O4/c1-9-15(10(2)25-21-9)17(23)24-8-14(22)11(7-18)16-19-12-5-3-4-6-13(12)20-16/h3-6,22H,8H2,1-2H3,(H,19,20). The van der Waals surface area contributed by atoms with Crippen molar-refractivity contribution < 1.29 is 19.2 Å². The lowest BCUT2D eigenvalue weighted by Gasteiger charge is -2.05. The Morgan fingerprint density at radius 3 is 2.80 bits per heavy atom. The summed E-state index contributed by atoms with van der Waals surface area (Å²) >= 11 is 0. The molecule has 126 valence electrons. The molecule has 0 atom stereocenters. The van der Waals surface area contributed by atoms with E-state index in [0.717, 1.165) is 5.52 Å². The number of aromatic amines is 1. The van der Waals surface area contributed by atoms with Crippen LogP contribution < -0.4 is 0 Å². The second-order valence-corrected chi connectivity index (χ2v) is 5.31. The number of nitriles is 1. The molecule has 0 fully saturated rings. The molecule has 0 aliphatic heterocycles. The smallest absolute Gasteiger partial charge is 0.344 e. The van der Waals surface area contributed by atoms with E-state index in [9.17, 15) is 15.2 Å². The van der Waals surface area contributed by atoms with Crippen molar-refractivity contribution in [2.45, 2.75) is 13.8 Å². The van der Waals surface area contributed by atoms with Gasteiger partial charge in [0, 0.05) is 0 Å². The maximum atomic E-state index is 12.1. The van der Waals surface area contributed by atoms with Gasteiger partial charge >= 0.3 is 5.97 Å². The summed E-state index contributed by atoms with van der Waals surface area (Å²) in [5.41, 5.74) is 1.89. The van der Waals surface area contributed by atoms with Gasteiger partial charge < -0.3 is 19.4 Å². The first-order valence-electron chi connectivity index (χ1n) is 7.38. The Balaban J connectivity index is 1.82. The van der Waals surface area contributed by atoms with Gasteiger partial charge in [0.1, 0.15) is 29.6 Å². The number of allylic oxidation sites excluding steroid dienone is 1. The number of rotatable bonds is 4. The molecule has 0 amide bonds. The Labute approximate surface area is 142 Å². The van der Waals surface area contributed by atoms with Gasteiger partial charge in [0.25, 0.3) is 0 Å². The summed E-state index contributed by atoms with van der Waals surface area (Å²) in [7, 11) is 0. The Kier molecular flexibility index (Phi) is 4.22. The van der Waals surface area contributed by atoms with E-state index >= 15 is 0 Å². The number of nitrogens with zero attached hydrogens (tertiary/aromatic N) is 3. The van der Waals surface area contributed by atoms with E-state index in [1.165, 1.54) is 0 Å². The number of ether oxygens (including phenoxy) is 1. The minimum atomic E-state index is -0.690. The van der Waals surface area contributed by atoms with Gasteiger partial charge in [0.15, 0.2) is 11.6 Å². The Hall–Kier alpha value is -3.60. The van der Waals surface area contributed by atoms with Crippen LogP contribution in [0, 0.1) is 25.2 Å². The minimum absolute atomic E-state index is 0.0947. The van der Waals surface area contributed by atoms with Gasteiger partial charge in [-0.1, -0.05) is 17.3 Å². The van der Waals surface area contributed by atoms with Crippen molar-refractivity contribution in [3.05, 3.63) is 52.9 Å². The highest BCUT2D eigenvalue weighted by Gasteiger charge is 2.20. The molecule has 25 heavy (non-hydrogen) atoms. The molecule has 1 aromatic carbocycles. The van der Waals surface area contributed by atoms with E-state index in [2.05, 4.69) is 15.1 Å². The average molecular weight is 338 g/mol. The molecular weight excluding hydrogens is 324 g/mol. The first-order chi connectivity index (χ1) is 12.0. The van der Waals surface area contributed by atoms with Crippen LogP contribution in [-0.4, -0.2) is 32.8 Å². The number of aliphatic hydroxyl groups is 1. The number of hydrogen-bond donors (Lipinski definition) is 2. The van der Waals surface area contributed by atoms with E-state index in [1.54, 1.807) is 26.0 Å². The van der Waals surface area contributed by atoms with Gasteiger partial charge in [-0.2, -0.15) is 5.26 Å². The third-order valence-corrected chi connectivity index (χ3v) is 3.60. The zero-order valence-electron chi connectivity index (χ0n) is 13.5. The number of fused-ring (bicyclic) bond motifs is 1. The highest BCUT2D eigenvalue weighted by molar-refractivity contribution is 5.91. The van der Waals surface area contributed by atoms with Crippen LogP contribution in [0.5, 0.6) is 0 Å². The van der Waals surface area contributed by atoms with Crippen molar-refractivity contribution >= 4 is 22.6 Å². The summed E-state index contributed by atoms with van der Waals surface area (Å²) in [6.07, 6.45) is 0. The first-order valence-corrected chi connectivity index (χ1v) is 7.38. The number of aryl methyl sites for hydroxylation is 2. The topological polar surface area (TPSA) is 125 Å². The predicted octanol–water partition coefficient (Wildman–Crippen LogP) is 2.82. The number of aromatic nitrogens is 3. The van der Waals surface area contributed by atoms with E-state index < -0.39 is 18.3 Å². The number of hydrogen-bond acceptors (Lipinski definition) is 7. The SMILES string of the molecule is Cc1noc(C)c1C(=O)OCC(O)=C(C#N)c1nc2ccccc2[nH]1. The Bertz CT molecular complexity index is 970. The lowest BCUT2D eigenvalue weighted by atomic mass is 10.2. The number of aliphatic hydroxyl groups excluding tert-OH is 1. The third kappa shape index (κ3) is 3.07. The van der Waals surface area contributed by atoms with Gasteiger partial charge in [-0.15, -0.1) is 0 Å². The van der Waals surface area contributed by atoms with Gasteiger partial charge in [-0.3, -0.25) is 0 Å². The molecule has 8 nitrogen and oxygen atoms in total. The second kappa shape index (κ2) is 6.49. The molecule has 0 aliphatic rings.